The van der Waals surface area contributed by atoms with Crippen molar-refractivity contribution in [1.29, 1.82) is 0 Å². The highest BCUT2D eigenvalue weighted by Crippen LogP contribution is 2.52. The van der Waals surface area contributed by atoms with E-state index in [1.54, 1.807) is 0 Å². The van der Waals surface area contributed by atoms with E-state index in [1.165, 1.54) is 33.4 Å². The number of anilines is 3. The molecule has 0 atom stereocenters. The van der Waals surface area contributed by atoms with Crippen molar-refractivity contribution < 1.29 is 4.42 Å². The van der Waals surface area contributed by atoms with Gasteiger partial charge in [-0.3, -0.25) is 4.79 Å². The van der Waals surface area contributed by atoms with E-state index in [0.29, 0.717) is 21.9 Å². The second-order valence-electron chi connectivity index (χ2n) is 14.1. The van der Waals surface area contributed by atoms with Crippen LogP contribution in [0, 0.1) is 0 Å². The summed E-state index contributed by atoms with van der Waals surface area (Å²) in [5.74, 6) is 0.0388. The van der Waals surface area contributed by atoms with E-state index in [9.17, 15) is 4.79 Å². The van der Waals surface area contributed by atoms with Gasteiger partial charge in [-0.05, 0) is 75.3 Å². The van der Waals surface area contributed by atoms with Crippen LogP contribution in [0.2, 0.25) is 0 Å². The van der Waals surface area contributed by atoms with Gasteiger partial charge in [-0.25, -0.2) is 0 Å². The van der Waals surface area contributed by atoms with Crippen LogP contribution in [-0.2, 0) is 10.8 Å². The second-order valence-corrected chi connectivity index (χ2v) is 14.1. The zero-order valence-electron chi connectivity index (χ0n) is 27.0. The van der Waals surface area contributed by atoms with Crippen molar-refractivity contribution in [1.82, 2.24) is 0 Å². The Morgan fingerprint density at radius 3 is 1.60 bits per heavy atom. The molecule has 2 aliphatic rings. The van der Waals surface area contributed by atoms with E-state index in [1.807, 2.05) is 24.3 Å². The number of fused-ring (bicyclic) bond motifs is 6. The van der Waals surface area contributed by atoms with E-state index in [2.05, 4.69) is 142 Å². The van der Waals surface area contributed by atoms with E-state index in [-0.39, 0.29) is 22.2 Å². The van der Waals surface area contributed by atoms with Crippen LogP contribution in [-0.4, -0.2) is 0 Å². The lowest BCUT2D eigenvalue weighted by molar-refractivity contribution is 0.597. The van der Waals surface area contributed by atoms with Gasteiger partial charge in [0.25, 0.3) is 0 Å². The van der Waals surface area contributed by atoms with Crippen LogP contribution in [0.5, 0.6) is 0 Å². The van der Waals surface area contributed by atoms with Gasteiger partial charge < -0.3 is 9.32 Å². The van der Waals surface area contributed by atoms with Gasteiger partial charge in [0.05, 0.1) is 22.1 Å². The van der Waals surface area contributed by atoms with E-state index < -0.39 is 0 Å². The summed E-state index contributed by atoms with van der Waals surface area (Å²) in [5, 5.41) is 1.19. The van der Waals surface area contributed by atoms with Crippen LogP contribution < -0.4 is 10.3 Å². The van der Waals surface area contributed by atoms with Crippen LogP contribution in [0.1, 0.15) is 72.6 Å². The zero-order chi connectivity index (χ0) is 32.1. The van der Waals surface area contributed by atoms with Gasteiger partial charge in [-0.15, -0.1) is 0 Å². The maximum absolute atomic E-state index is 14.0. The standard InChI is InChI=1S/C44H35NO2/c1-43(2)33-15-7-5-13-29(33)41(30-14-6-8-16-34(30)43)27-21-23-31-39(25-27)47-40-26-28(22-24-32(40)42(31)46)45-37-19-11-9-17-35(37)44(3,4)36-18-10-12-20-38(36)45/h5-26,41H,1-4H3. The number of rotatable bonds is 2. The Morgan fingerprint density at radius 2 is 1.00 bits per heavy atom. The first kappa shape index (κ1) is 27.9. The first-order valence-corrected chi connectivity index (χ1v) is 16.4. The molecule has 1 aromatic heterocycles. The summed E-state index contributed by atoms with van der Waals surface area (Å²) < 4.78 is 6.70. The summed E-state index contributed by atoms with van der Waals surface area (Å²) in [6.07, 6.45) is 0. The molecule has 0 radical (unpaired) electrons. The van der Waals surface area contributed by atoms with Crippen molar-refractivity contribution in [3.05, 3.63) is 183 Å². The van der Waals surface area contributed by atoms with Crippen molar-refractivity contribution in [2.45, 2.75) is 44.4 Å². The summed E-state index contributed by atoms with van der Waals surface area (Å²) in [7, 11) is 0. The topological polar surface area (TPSA) is 33.5 Å². The highest BCUT2D eigenvalue weighted by atomic mass is 16.3. The SMILES string of the molecule is CC1(C)c2ccccc2C(c2ccc3c(=O)c4ccc(N5c6ccccc6C(C)(C)c6ccccc65)cc4oc3c2)c2ccccc21. The van der Waals surface area contributed by atoms with Gasteiger partial charge in [0.2, 0.25) is 5.43 Å². The summed E-state index contributed by atoms with van der Waals surface area (Å²) in [6.45, 7) is 9.19. The molecule has 6 aromatic carbocycles. The molecule has 0 bridgehead atoms. The fourth-order valence-corrected chi connectivity index (χ4v) is 8.43. The van der Waals surface area contributed by atoms with Gasteiger partial charge in [0, 0.05) is 28.5 Å². The molecule has 3 heteroatoms. The third-order valence-electron chi connectivity index (χ3n) is 10.8. The van der Waals surface area contributed by atoms with Crippen molar-refractivity contribution in [3.63, 3.8) is 0 Å². The number of para-hydroxylation sites is 2. The number of hydrogen-bond donors (Lipinski definition) is 0. The maximum atomic E-state index is 14.0. The molecule has 0 saturated carbocycles. The molecule has 0 fully saturated rings. The summed E-state index contributed by atoms with van der Waals surface area (Å²) in [6, 6.07) is 46.9. The fourth-order valence-electron chi connectivity index (χ4n) is 8.43. The third kappa shape index (κ3) is 3.89. The van der Waals surface area contributed by atoms with Crippen LogP contribution >= 0.6 is 0 Å². The van der Waals surface area contributed by atoms with E-state index in [4.69, 9.17) is 4.42 Å². The molecule has 7 aromatic rings. The molecule has 228 valence electrons. The second kappa shape index (κ2) is 9.80. The van der Waals surface area contributed by atoms with Crippen molar-refractivity contribution >= 4 is 39.0 Å². The average molecular weight is 610 g/mol. The Balaban J connectivity index is 1.23. The van der Waals surface area contributed by atoms with Gasteiger partial charge in [0.1, 0.15) is 11.2 Å². The molecule has 1 aliphatic heterocycles. The average Bonchev–Trinajstić information content (AvgIpc) is 3.09. The molecule has 0 N–H and O–H groups in total. The molecule has 0 saturated heterocycles. The zero-order valence-corrected chi connectivity index (χ0v) is 27.0. The number of benzene rings is 6. The highest BCUT2D eigenvalue weighted by Gasteiger charge is 2.38. The lowest BCUT2D eigenvalue weighted by Crippen LogP contribution is -2.30. The van der Waals surface area contributed by atoms with Crippen molar-refractivity contribution in [3.8, 4) is 0 Å². The van der Waals surface area contributed by atoms with Gasteiger partial charge >= 0.3 is 0 Å². The molecule has 0 unspecified atom stereocenters. The molecule has 1 aliphatic carbocycles. The Labute approximate surface area is 274 Å². The van der Waals surface area contributed by atoms with Crippen LogP contribution in [0.3, 0.4) is 0 Å². The molecule has 0 spiro atoms. The molecule has 9 rings (SSSR count). The quantitative estimate of drug-likeness (QED) is 0.183. The third-order valence-corrected chi connectivity index (χ3v) is 10.8. The molecular formula is C44H35NO2. The Hall–Kier alpha value is -5.41. The predicted octanol–water partition coefficient (Wildman–Crippen LogP) is 10.9. The van der Waals surface area contributed by atoms with Crippen molar-refractivity contribution in [2.24, 2.45) is 0 Å². The van der Waals surface area contributed by atoms with Crippen LogP contribution in [0.4, 0.5) is 17.1 Å². The Kier molecular flexibility index (Phi) is 5.81. The van der Waals surface area contributed by atoms with Gasteiger partial charge in [-0.1, -0.05) is 119 Å². The number of nitrogens with zero attached hydrogens (tertiary/aromatic N) is 1. The van der Waals surface area contributed by atoms with Crippen molar-refractivity contribution in [2.75, 3.05) is 4.90 Å². The highest BCUT2D eigenvalue weighted by molar-refractivity contribution is 5.94. The normalized spacial score (nSPS) is 16.0. The minimum atomic E-state index is -0.148. The minimum Gasteiger partial charge on any atom is -0.456 e. The van der Waals surface area contributed by atoms with Gasteiger partial charge in [-0.2, -0.15) is 0 Å². The Morgan fingerprint density at radius 1 is 0.532 bits per heavy atom. The summed E-state index contributed by atoms with van der Waals surface area (Å²) >= 11 is 0. The lowest BCUT2D eigenvalue weighted by Gasteiger charge is -2.42. The molecule has 2 heterocycles. The van der Waals surface area contributed by atoms with Crippen LogP contribution in [0.25, 0.3) is 21.9 Å². The summed E-state index contributed by atoms with van der Waals surface area (Å²) in [5.41, 5.74) is 13.1. The minimum absolute atomic E-state index is 0.00879. The van der Waals surface area contributed by atoms with E-state index >= 15 is 0 Å². The fraction of sp³-hybridized carbons (Fsp3) is 0.159. The molecule has 47 heavy (non-hydrogen) atoms. The predicted molar refractivity (Wildman–Crippen MR) is 193 cm³/mol. The number of hydrogen-bond acceptors (Lipinski definition) is 3. The van der Waals surface area contributed by atoms with Gasteiger partial charge in [0.15, 0.2) is 0 Å². The molecule has 3 nitrogen and oxygen atoms in total. The van der Waals surface area contributed by atoms with E-state index in [0.717, 1.165) is 22.6 Å². The van der Waals surface area contributed by atoms with Crippen LogP contribution in [0.15, 0.2) is 143 Å². The summed E-state index contributed by atoms with van der Waals surface area (Å²) in [4.78, 5) is 16.3. The first-order valence-electron chi connectivity index (χ1n) is 16.4. The molecular weight excluding hydrogens is 574 g/mol. The smallest absolute Gasteiger partial charge is 0.200 e. The molecule has 0 amide bonds. The first-order chi connectivity index (χ1) is 22.7. The largest absolute Gasteiger partial charge is 0.456 e. The maximum Gasteiger partial charge on any atom is 0.200 e. The monoisotopic (exact) mass is 609 g/mol. The lowest BCUT2D eigenvalue weighted by atomic mass is 9.64. The Bertz CT molecular complexity index is 2200.